The molecule has 3 aromatic carbocycles. The van der Waals surface area contributed by atoms with Crippen LogP contribution in [0.15, 0.2) is 66.7 Å². The Bertz CT molecular complexity index is 1250. The van der Waals surface area contributed by atoms with Crippen molar-refractivity contribution in [2.24, 2.45) is 0 Å². The van der Waals surface area contributed by atoms with Gasteiger partial charge in [0, 0.05) is 39.6 Å². The highest BCUT2D eigenvalue weighted by atomic mass is 35.5. The van der Waals surface area contributed by atoms with E-state index in [0.29, 0.717) is 32.8 Å². The fourth-order valence-corrected chi connectivity index (χ4v) is 5.57. The van der Waals surface area contributed by atoms with Crippen molar-refractivity contribution in [3.05, 3.63) is 97.9 Å². The Hall–Kier alpha value is -2.44. The maximum Gasteiger partial charge on any atom is 0.261 e. The third-order valence-electron chi connectivity index (χ3n) is 6.61. The molecule has 0 bridgehead atoms. The Labute approximate surface area is 243 Å². The largest absolute Gasteiger partial charge is 0.482 e. The van der Waals surface area contributed by atoms with E-state index in [-0.39, 0.29) is 30.1 Å². The fourth-order valence-electron chi connectivity index (χ4n) is 4.59. The fraction of sp³-hybridized carbons (Fsp3) is 0.310. The van der Waals surface area contributed by atoms with E-state index in [0.717, 1.165) is 31.2 Å². The van der Waals surface area contributed by atoms with Crippen LogP contribution in [0.2, 0.25) is 20.1 Å². The lowest BCUT2D eigenvalue weighted by Crippen LogP contribution is -2.53. The Morgan fingerprint density at radius 3 is 2.24 bits per heavy atom. The summed E-state index contributed by atoms with van der Waals surface area (Å²) in [5.74, 6) is -0.313. The lowest BCUT2D eigenvalue weighted by Gasteiger charge is -2.32. The monoisotopic (exact) mass is 592 g/mol. The predicted octanol–water partition coefficient (Wildman–Crippen LogP) is 7.38. The number of halogens is 4. The Balaban J connectivity index is 1.66. The molecule has 3 aromatic rings. The number of nitrogens with one attached hydrogen (secondary N) is 1. The molecular formula is C29H28Cl4N2O3. The van der Waals surface area contributed by atoms with Crippen molar-refractivity contribution < 1.29 is 14.3 Å². The average Bonchev–Trinajstić information content (AvgIpc) is 3.40. The van der Waals surface area contributed by atoms with Crippen LogP contribution in [0.25, 0.3) is 0 Å². The molecule has 0 unspecified atom stereocenters. The molecule has 1 atom stereocenters. The van der Waals surface area contributed by atoms with Crippen molar-refractivity contribution in [2.75, 3.05) is 6.61 Å². The van der Waals surface area contributed by atoms with E-state index in [1.165, 1.54) is 11.0 Å². The molecule has 38 heavy (non-hydrogen) atoms. The van der Waals surface area contributed by atoms with Gasteiger partial charge in [-0.15, -0.1) is 0 Å². The standard InChI is InChI=1S/C29H28Cl4N2O3/c30-20-13-14-27(25(33)16-20)38-18-28(36)35(17-22-23(31)11-6-12-24(22)32)26(15-19-7-2-1-3-8-19)29(37)34-21-9-4-5-10-21/h1-3,6-8,11-14,16,21,26H,4-5,9-10,15,17-18H2,(H,34,37)/t26-/m1/s1. The number of ether oxygens (including phenoxy) is 1. The zero-order chi connectivity index (χ0) is 27.1. The summed E-state index contributed by atoms with van der Waals surface area (Å²) in [5, 5.41) is 4.72. The summed E-state index contributed by atoms with van der Waals surface area (Å²) in [7, 11) is 0. The first-order chi connectivity index (χ1) is 18.3. The van der Waals surface area contributed by atoms with E-state index in [4.69, 9.17) is 51.1 Å². The van der Waals surface area contributed by atoms with Gasteiger partial charge in [0.25, 0.3) is 5.91 Å². The number of benzene rings is 3. The van der Waals surface area contributed by atoms with Gasteiger partial charge >= 0.3 is 0 Å². The van der Waals surface area contributed by atoms with Crippen LogP contribution >= 0.6 is 46.4 Å². The van der Waals surface area contributed by atoms with Gasteiger partial charge in [-0.3, -0.25) is 9.59 Å². The number of hydrogen-bond acceptors (Lipinski definition) is 3. The second-order valence-corrected chi connectivity index (χ2v) is 10.9. The summed E-state index contributed by atoms with van der Waals surface area (Å²) in [6.45, 7) is -0.309. The Morgan fingerprint density at radius 2 is 1.58 bits per heavy atom. The van der Waals surface area contributed by atoms with Gasteiger partial charge in [-0.25, -0.2) is 0 Å². The molecule has 1 aliphatic carbocycles. The molecular weight excluding hydrogens is 566 g/mol. The number of carbonyl (C=O) groups excluding carboxylic acids is 2. The Morgan fingerprint density at radius 1 is 0.895 bits per heavy atom. The van der Waals surface area contributed by atoms with Crippen LogP contribution in [0.3, 0.4) is 0 Å². The van der Waals surface area contributed by atoms with Crippen LogP contribution in [0.5, 0.6) is 5.75 Å². The number of nitrogens with zero attached hydrogens (tertiary/aromatic N) is 1. The van der Waals surface area contributed by atoms with E-state index in [1.807, 2.05) is 30.3 Å². The minimum absolute atomic E-state index is 0.0324. The summed E-state index contributed by atoms with van der Waals surface area (Å²) >= 11 is 25.2. The maximum atomic E-state index is 13.8. The van der Waals surface area contributed by atoms with Gasteiger partial charge in [0.2, 0.25) is 5.91 Å². The second-order valence-electron chi connectivity index (χ2n) is 9.28. The summed E-state index contributed by atoms with van der Waals surface area (Å²) in [4.78, 5) is 29.0. The molecule has 0 aromatic heterocycles. The predicted molar refractivity (Wildman–Crippen MR) is 153 cm³/mol. The van der Waals surface area contributed by atoms with E-state index in [1.54, 1.807) is 30.3 Å². The minimum atomic E-state index is -0.817. The first-order valence-corrected chi connectivity index (χ1v) is 14.0. The normalized spacial score (nSPS) is 14.2. The third kappa shape index (κ3) is 7.57. The summed E-state index contributed by atoms with van der Waals surface area (Å²) in [6.07, 6.45) is 4.30. The van der Waals surface area contributed by atoms with E-state index in [2.05, 4.69) is 5.32 Å². The molecule has 1 aliphatic rings. The van der Waals surface area contributed by atoms with Crippen LogP contribution in [-0.2, 0) is 22.6 Å². The van der Waals surface area contributed by atoms with E-state index >= 15 is 0 Å². The van der Waals surface area contributed by atoms with Crippen molar-refractivity contribution >= 4 is 58.2 Å². The van der Waals surface area contributed by atoms with Gasteiger partial charge < -0.3 is 15.0 Å². The molecule has 5 nitrogen and oxygen atoms in total. The van der Waals surface area contributed by atoms with Crippen LogP contribution in [0.1, 0.15) is 36.8 Å². The van der Waals surface area contributed by atoms with Crippen LogP contribution < -0.4 is 10.1 Å². The second kappa shape index (κ2) is 13.6. The highest BCUT2D eigenvalue weighted by Gasteiger charge is 2.33. The smallest absolute Gasteiger partial charge is 0.261 e. The summed E-state index contributed by atoms with van der Waals surface area (Å²) in [5.41, 5.74) is 1.48. The van der Waals surface area contributed by atoms with Gasteiger partial charge in [0.05, 0.1) is 5.02 Å². The van der Waals surface area contributed by atoms with Gasteiger partial charge in [0.15, 0.2) is 6.61 Å². The first-order valence-electron chi connectivity index (χ1n) is 12.5. The minimum Gasteiger partial charge on any atom is -0.482 e. The lowest BCUT2D eigenvalue weighted by atomic mass is 10.0. The van der Waals surface area contributed by atoms with Crippen molar-refractivity contribution in [2.45, 2.75) is 50.7 Å². The van der Waals surface area contributed by atoms with Crippen molar-refractivity contribution in [3.63, 3.8) is 0 Å². The SMILES string of the molecule is O=C(NC1CCCC1)[C@@H](Cc1ccccc1)N(Cc1c(Cl)cccc1Cl)C(=O)COc1ccc(Cl)cc1Cl. The first kappa shape index (κ1) is 28.6. The van der Waals surface area contributed by atoms with Gasteiger partial charge in [-0.1, -0.05) is 95.6 Å². The molecule has 4 rings (SSSR count). The molecule has 2 amide bonds. The zero-order valence-corrected chi connectivity index (χ0v) is 23.7. The topological polar surface area (TPSA) is 58.6 Å². The van der Waals surface area contributed by atoms with Crippen LogP contribution in [0.4, 0.5) is 0 Å². The molecule has 9 heteroatoms. The van der Waals surface area contributed by atoms with Crippen molar-refractivity contribution in [3.8, 4) is 5.75 Å². The quantitative estimate of drug-likeness (QED) is 0.267. The number of rotatable bonds is 10. The molecule has 0 radical (unpaired) electrons. The molecule has 1 fully saturated rings. The Kier molecular flexibility index (Phi) is 10.2. The van der Waals surface area contributed by atoms with E-state index in [9.17, 15) is 9.59 Å². The lowest BCUT2D eigenvalue weighted by molar-refractivity contribution is -0.143. The molecule has 0 aliphatic heterocycles. The highest BCUT2D eigenvalue weighted by molar-refractivity contribution is 6.36. The van der Waals surface area contributed by atoms with Gasteiger partial charge in [-0.05, 0) is 48.7 Å². The van der Waals surface area contributed by atoms with Gasteiger partial charge in [-0.2, -0.15) is 0 Å². The summed E-state index contributed by atoms with van der Waals surface area (Å²) in [6, 6.07) is 18.8. The molecule has 1 N–H and O–H groups in total. The molecule has 1 saturated carbocycles. The number of carbonyl (C=O) groups is 2. The van der Waals surface area contributed by atoms with E-state index < -0.39 is 11.9 Å². The molecule has 0 saturated heterocycles. The number of amides is 2. The van der Waals surface area contributed by atoms with Crippen molar-refractivity contribution in [1.29, 1.82) is 0 Å². The molecule has 200 valence electrons. The molecule has 0 heterocycles. The third-order valence-corrected chi connectivity index (χ3v) is 7.85. The number of hydrogen-bond donors (Lipinski definition) is 1. The highest BCUT2D eigenvalue weighted by Crippen LogP contribution is 2.29. The van der Waals surface area contributed by atoms with Crippen LogP contribution in [0, 0.1) is 0 Å². The summed E-state index contributed by atoms with van der Waals surface area (Å²) < 4.78 is 5.77. The average molecular weight is 594 g/mol. The van der Waals surface area contributed by atoms with Gasteiger partial charge in [0.1, 0.15) is 11.8 Å². The maximum absolute atomic E-state index is 13.8. The van der Waals surface area contributed by atoms with Crippen LogP contribution in [-0.4, -0.2) is 35.4 Å². The molecule has 0 spiro atoms. The zero-order valence-electron chi connectivity index (χ0n) is 20.6. The van der Waals surface area contributed by atoms with Crippen molar-refractivity contribution in [1.82, 2.24) is 10.2 Å².